The zero-order valence-corrected chi connectivity index (χ0v) is 10.1. The first-order valence-electron chi connectivity index (χ1n) is 4.89. The first-order valence-corrected chi connectivity index (χ1v) is 5.27. The van der Waals surface area contributed by atoms with Gasteiger partial charge in [0, 0.05) is 32.6 Å². The smallest absolute Gasteiger partial charge is 0.166 e. The van der Waals surface area contributed by atoms with E-state index in [9.17, 15) is 4.39 Å². The van der Waals surface area contributed by atoms with Gasteiger partial charge in [-0.05, 0) is 6.07 Å². The Morgan fingerprint density at radius 2 is 2.06 bits per heavy atom. The first kappa shape index (κ1) is 11.7. The van der Waals surface area contributed by atoms with Crippen LogP contribution in [0.2, 0.25) is 5.15 Å². The number of hydrogen-bond donors (Lipinski definition) is 0. The number of pyridine rings is 1. The highest BCUT2D eigenvalue weighted by atomic mass is 35.5. The van der Waals surface area contributed by atoms with Gasteiger partial charge in [-0.25, -0.2) is 19.3 Å². The Balaban J connectivity index is 2.49. The van der Waals surface area contributed by atoms with Crippen LogP contribution >= 0.6 is 11.6 Å². The van der Waals surface area contributed by atoms with Gasteiger partial charge in [0.05, 0.1) is 5.56 Å². The molecule has 2 heterocycles. The van der Waals surface area contributed by atoms with E-state index in [1.165, 1.54) is 6.20 Å². The van der Waals surface area contributed by atoms with Gasteiger partial charge in [0.2, 0.25) is 0 Å². The Kier molecular flexibility index (Phi) is 3.19. The van der Waals surface area contributed by atoms with Gasteiger partial charge in [-0.3, -0.25) is 0 Å². The first-order chi connectivity index (χ1) is 8.08. The van der Waals surface area contributed by atoms with Crippen LogP contribution in [0.5, 0.6) is 0 Å². The maximum Gasteiger partial charge on any atom is 0.166 e. The fraction of sp³-hybridized carbons (Fsp3) is 0.182. The summed E-state index contributed by atoms with van der Waals surface area (Å²) in [6, 6.07) is 2.88. The molecular formula is C11H10ClFN4. The standard InChI is InChI=1S/C11H10ClFN4/c1-17(2)10-3-4-14-11(16-10)7-6-15-9(12)5-8(7)13/h3-6H,1-2H3. The summed E-state index contributed by atoms with van der Waals surface area (Å²) in [5.74, 6) is 0.503. The molecule has 0 bridgehead atoms. The van der Waals surface area contributed by atoms with Crippen LogP contribution in [0.3, 0.4) is 0 Å². The molecule has 0 atom stereocenters. The van der Waals surface area contributed by atoms with Crippen LogP contribution in [0.25, 0.3) is 11.4 Å². The lowest BCUT2D eigenvalue weighted by atomic mass is 10.2. The molecule has 2 rings (SSSR count). The van der Waals surface area contributed by atoms with Gasteiger partial charge < -0.3 is 4.90 Å². The van der Waals surface area contributed by atoms with E-state index in [1.807, 2.05) is 19.0 Å². The highest BCUT2D eigenvalue weighted by Gasteiger charge is 2.10. The van der Waals surface area contributed by atoms with Crippen LogP contribution in [-0.4, -0.2) is 29.0 Å². The Labute approximate surface area is 103 Å². The fourth-order valence-corrected chi connectivity index (χ4v) is 1.44. The minimum absolute atomic E-state index is 0.106. The molecule has 0 N–H and O–H groups in total. The van der Waals surface area contributed by atoms with Gasteiger partial charge in [0.25, 0.3) is 0 Å². The van der Waals surface area contributed by atoms with Crippen molar-refractivity contribution in [1.82, 2.24) is 15.0 Å². The number of rotatable bonds is 2. The number of hydrogen-bond acceptors (Lipinski definition) is 4. The summed E-state index contributed by atoms with van der Waals surface area (Å²) >= 11 is 5.59. The molecule has 0 saturated heterocycles. The van der Waals surface area contributed by atoms with Gasteiger partial charge in [0.15, 0.2) is 5.82 Å². The van der Waals surface area contributed by atoms with Gasteiger partial charge in [0.1, 0.15) is 16.8 Å². The quantitative estimate of drug-likeness (QED) is 0.770. The zero-order chi connectivity index (χ0) is 12.4. The molecule has 0 fully saturated rings. The van der Waals surface area contributed by atoms with E-state index in [0.29, 0.717) is 5.82 Å². The molecule has 2 aromatic rings. The van der Waals surface area contributed by atoms with Crippen molar-refractivity contribution < 1.29 is 4.39 Å². The predicted octanol–water partition coefficient (Wildman–Crippen LogP) is 2.40. The topological polar surface area (TPSA) is 41.9 Å². The van der Waals surface area contributed by atoms with Crippen molar-refractivity contribution in [3.05, 3.63) is 35.5 Å². The van der Waals surface area contributed by atoms with Crippen LogP contribution in [0.4, 0.5) is 10.2 Å². The van der Waals surface area contributed by atoms with E-state index in [4.69, 9.17) is 11.6 Å². The lowest BCUT2D eigenvalue weighted by Gasteiger charge is -2.11. The molecule has 0 aliphatic rings. The van der Waals surface area contributed by atoms with Gasteiger partial charge in [-0.2, -0.15) is 0 Å². The molecule has 0 saturated carbocycles. The Morgan fingerprint density at radius 3 is 2.71 bits per heavy atom. The Hall–Kier alpha value is -1.75. The molecule has 0 aliphatic heterocycles. The van der Waals surface area contributed by atoms with E-state index in [2.05, 4.69) is 15.0 Å². The third kappa shape index (κ3) is 2.50. The highest BCUT2D eigenvalue weighted by Crippen LogP contribution is 2.21. The molecular weight excluding hydrogens is 243 g/mol. The molecule has 0 spiro atoms. The summed E-state index contributed by atoms with van der Waals surface area (Å²) in [6.07, 6.45) is 2.90. The summed E-state index contributed by atoms with van der Waals surface area (Å²) in [7, 11) is 3.70. The van der Waals surface area contributed by atoms with Gasteiger partial charge in [-0.15, -0.1) is 0 Å². The van der Waals surface area contributed by atoms with E-state index in [1.54, 1.807) is 12.3 Å². The Morgan fingerprint density at radius 1 is 1.29 bits per heavy atom. The highest BCUT2D eigenvalue weighted by molar-refractivity contribution is 6.29. The van der Waals surface area contributed by atoms with E-state index >= 15 is 0 Å². The predicted molar refractivity (Wildman–Crippen MR) is 64.6 cm³/mol. The van der Waals surface area contributed by atoms with Crippen molar-refractivity contribution in [3.8, 4) is 11.4 Å². The summed E-state index contributed by atoms with van der Waals surface area (Å²) < 4.78 is 13.7. The molecule has 88 valence electrons. The van der Waals surface area contributed by atoms with Crippen molar-refractivity contribution in [3.63, 3.8) is 0 Å². The van der Waals surface area contributed by atoms with Crippen molar-refractivity contribution in [2.45, 2.75) is 0 Å². The largest absolute Gasteiger partial charge is 0.363 e. The molecule has 6 heteroatoms. The summed E-state index contributed by atoms with van der Waals surface area (Å²) in [6.45, 7) is 0. The second kappa shape index (κ2) is 4.63. The lowest BCUT2D eigenvalue weighted by molar-refractivity contribution is 0.628. The van der Waals surface area contributed by atoms with Gasteiger partial charge in [-0.1, -0.05) is 11.6 Å². The minimum Gasteiger partial charge on any atom is -0.363 e. The van der Waals surface area contributed by atoms with Gasteiger partial charge >= 0.3 is 0 Å². The van der Waals surface area contributed by atoms with E-state index in [0.717, 1.165) is 6.07 Å². The number of nitrogens with zero attached hydrogens (tertiary/aromatic N) is 4. The van der Waals surface area contributed by atoms with Crippen LogP contribution in [0.15, 0.2) is 24.5 Å². The molecule has 2 aromatic heterocycles. The molecule has 0 radical (unpaired) electrons. The second-order valence-electron chi connectivity index (χ2n) is 3.62. The van der Waals surface area contributed by atoms with Crippen molar-refractivity contribution in [2.75, 3.05) is 19.0 Å². The lowest BCUT2D eigenvalue weighted by Crippen LogP contribution is -2.11. The third-order valence-corrected chi connectivity index (χ3v) is 2.37. The number of anilines is 1. The van der Waals surface area contributed by atoms with Crippen LogP contribution in [0.1, 0.15) is 0 Å². The molecule has 4 nitrogen and oxygen atoms in total. The van der Waals surface area contributed by atoms with E-state index < -0.39 is 5.82 Å². The van der Waals surface area contributed by atoms with Crippen molar-refractivity contribution in [2.24, 2.45) is 0 Å². The normalized spacial score (nSPS) is 10.4. The summed E-state index contributed by atoms with van der Waals surface area (Å²) in [4.78, 5) is 13.9. The van der Waals surface area contributed by atoms with Crippen molar-refractivity contribution in [1.29, 1.82) is 0 Å². The molecule has 0 aromatic carbocycles. The van der Waals surface area contributed by atoms with Crippen LogP contribution in [-0.2, 0) is 0 Å². The van der Waals surface area contributed by atoms with Crippen LogP contribution in [0, 0.1) is 5.82 Å². The number of aromatic nitrogens is 3. The van der Waals surface area contributed by atoms with Crippen LogP contribution < -0.4 is 4.90 Å². The second-order valence-corrected chi connectivity index (χ2v) is 4.01. The molecule has 0 unspecified atom stereocenters. The summed E-state index contributed by atoms with van der Waals surface area (Å²) in [5, 5.41) is 0.106. The SMILES string of the molecule is CN(C)c1ccnc(-c2cnc(Cl)cc2F)n1. The van der Waals surface area contributed by atoms with E-state index in [-0.39, 0.29) is 16.5 Å². The zero-order valence-electron chi connectivity index (χ0n) is 9.35. The molecule has 17 heavy (non-hydrogen) atoms. The number of halogens is 2. The van der Waals surface area contributed by atoms with Crippen molar-refractivity contribution >= 4 is 17.4 Å². The fourth-order valence-electron chi connectivity index (χ4n) is 1.30. The average Bonchev–Trinajstić information content (AvgIpc) is 2.29. The molecule has 0 aliphatic carbocycles. The molecule has 0 amide bonds. The summed E-state index contributed by atoms with van der Waals surface area (Å²) in [5.41, 5.74) is 0.234. The average molecular weight is 253 g/mol. The minimum atomic E-state index is -0.485. The Bertz CT molecular complexity index is 545. The monoisotopic (exact) mass is 252 g/mol. The third-order valence-electron chi connectivity index (χ3n) is 2.16. The maximum absolute atomic E-state index is 13.7. The maximum atomic E-state index is 13.7.